The number of nitrogens with two attached hydrogens (primary N) is 1. The third-order valence-corrected chi connectivity index (χ3v) is 3.75. The Morgan fingerprint density at radius 2 is 2.00 bits per heavy atom. The molecule has 0 radical (unpaired) electrons. The Kier molecular flexibility index (Phi) is 5.07. The van der Waals surface area contributed by atoms with Crippen LogP contribution in [0.15, 0.2) is 0 Å². The molecule has 0 amide bonds. The van der Waals surface area contributed by atoms with Crippen molar-refractivity contribution in [2.24, 2.45) is 17.6 Å². The van der Waals surface area contributed by atoms with Crippen molar-refractivity contribution in [1.82, 2.24) is 4.90 Å². The third-order valence-electron chi connectivity index (χ3n) is 3.75. The Morgan fingerprint density at radius 1 is 1.33 bits per heavy atom. The van der Waals surface area contributed by atoms with Gasteiger partial charge >= 0.3 is 0 Å². The number of hydrogen-bond donors (Lipinski definition) is 1. The van der Waals surface area contributed by atoms with E-state index in [4.69, 9.17) is 5.73 Å². The lowest BCUT2D eigenvalue weighted by molar-refractivity contribution is 0.104. The Labute approximate surface area is 95.2 Å². The van der Waals surface area contributed by atoms with Crippen LogP contribution in [-0.2, 0) is 0 Å². The molecule has 1 aliphatic rings. The summed E-state index contributed by atoms with van der Waals surface area (Å²) in [5.74, 6) is 1.56. The van der Waals surface area contributed by atoms with E-state index in [1.807, 2.05) is 0 Å². The molecule has 3 atom stereocenters. The normalized spacial score (nSPS) is 30.8. The van der Waals surface area contributed by atoms with Crippen molar-refractivity contribution >= 4 is 0 Å². The van der Waals surface area contributed by atoms with Gasteiger partial charge in [-0.15, -0.1) is 0 Å². The minimum atomic E-state index is 0.359. The van der Waals surface area contributed by atoms with Crippen molar-refractivity contribution in [3.8, 4) is 0 Å². The zero-order valence-electron chi connectivity index (χ0n) is 10.9. The van der Waals surface area contributed by atoms with Gasteiger partial charge in [0, 0.05) is 18.6 Å². The predicted octanol–water partition coefficient (Wildman–Crippen LogP) is 2.48. The lowest BCUT2D eigenvalue weighted by atomic mass is 9.91. The standard InChI is InChI=1S/C13H28N2/c1-10(2)8-13(14)9-15-7-5-6-11(3)12(15)4/h10-13H,5-9,14H2,1-4H3. The molecule has 0 spiro atoms. The van der Waals surface area contributed by atoms with E-state index >= 15 is 0 Å². The Hall–Kier alpha value is -0.0800. The highest BCUT2D eigenvalue weighted by Gasteiger charge is 2.25. The average molecular weight is 212 g/mol. The van der Waals surface area contributed by atoms with Gasteiger partial charge in [-0.3, -0.25) is 4.90 Å². The van der Waals surface area contributed by atoms with Gasteiger partial charge in [-0.1, -0.05) is 20.8 Å². The van der Waals surface area contributed by atoms with E-state index in [1.165, 1.54) is 19.4 Å². The summed E-state index contributed by atoms with van der Waals surface area (Å²) in [5, 5.41) is 0. The summed E-state index contributed by atoms with van der Waals surface area (Å²) in [7, 11) is 0. The predicted molar refractivity (Wildman–Crippen MR) is 66.9 cm³/mol. The molecule has 1 aliphatic heterocycles. The second kappa shape index (κ2) is 5.86. The number of hydrogen-bond acceptors (Lipinski definition) is 2. The van der Waals surface area contributed by atoms with Gasteiger partial charge in [-0.05, 0) is 44.6 Å². The van der Waals surface area contributed by atoms with Gasteiger partial charge in [0.15, 0.2) is 0 Å². The molecule has 1 fully saturated rings. The summed E-state index contributed by atoms with van der Waals surface area (Å²) in [5.41, 5.74) is 6.17. The molecular formula is C13H28N2. The first-order chi connectivity index (χ1) is 7.00. The summed E-state index contributed by atoms with van der Waals surface area (Å²) >= 11 is 0. The van der Waals surface area contributed by atoms with Gasteiger partial charge in [0.2, 0.25) is 0 Å². The SMILES string of the molecule is CC(C)CC(N)CN1CCCC(C)C1C. The van der Waals surface area contributed by atoms with E-state index in [9.17, 15) is 0 Å². The van der Waals surface area contributed by atoms with Gasteiger partial charge < -0.3 is 5.73 Å². The summed E-state index contributed by atoms with van der Waals surface area (Å²) in [6, 6.07) is 1.08. The highest BCUT2D eigenvalue weighted by Crippen LogP contribution is 2.23. The first-order valence-corrected chi connectivity index (χ1v) is 6.50. The first-order valence-electron chi connectivity index (χ1n) is 6.50. The van der Waals surface area contributed by atoms with Crippen LogP contribution in [0.25, 0.3) is 0 Å². The van der Waals surface area contributed by atoms with E-state index < -0.39 is 0 Å². The van der Waals surface area contributed by atoms with Crippen molar-refractivity contribution in [3.05, 3.63) is 0 Å². The highest BCUT2D eigenvalue weighted by atomic mass is 15.2. The lowest BCUT2D eigenvalue weighted by Gasteiger charge is -2.39. The molecule has 2 heteroatoms. The van der Waals surface area contributed by atoms with Crippen LogP contribution in [0, 0.1) is 11.8 Å². The average Bonchev–Trinajstić information content (AvgIpc) is 2.11. The van der Waals surface area contributed by atoms with E-state index in [2.05, 4.69) is 32.6 Å². The fourth-order valence-corrected chi connectivity index (χ4v) is 2.66. The molecule has 2 N–H and O–H groups in total. The molecule has 0 aromatic carbocycles. The summed E-state index contributed by atoms with van der Waals surface area (Å²) in [6.45, 7) is 11.6. The molecule has 0 saturated carbocycles. The zero-order chi connectivity index (χ0) is 11.4. The maximum Gasteiger partial charge on any atom is 0.0170 e. The van der Waals surface area contributed by atoms with E-state index in [-0.39, 0.29) is 0 Å². The van der Waals surface area contributed by atoms with Crippen LogP contribution >= 0.6 is 0 Å². The molecule has 0 bridgehead atoms. The van der Waals surface area contributed by atoms with Gasteiger partial charge in [0.25, 0.3) is 0 Å². The van der Waals surface area contributed by atoms with Crippen LogP contribution in [0.5, 0.6) is 0 Å². The van der Waals surface area contributed by atoms with Crippen molar-refractivity contribution in [3.63, 3.8) is 0 Å². The Bertz CT molecular complexity index is 179. The molecule has 1 saturated heterocycles. The summed E-state index contributed by atoms with van der Waals surface area (Å²) in [4.78, 5) is 2.58. The van der Waals surface area contributed by atoms with Gasteiger partial charge in [-0.2, -0.15) is 0 Å². The third kappa shape index (κ3) is 4.12. The largest absolute Gasteiger partial charge is 0.327 e. The van der Waals surface area contributed by atoms with Crippen molar-refractivity contribution in [2.75, 3.05) is 13.1 Å². The van der Waals surface area contributed by atoms with E-state index in [0.29, 0.717) is 6.04 Å². The second-order valence-corrected chi connectivity index (χ2v) is 5.74. The zero-order valence-corrected chi connectivity index (χ0v) is 10.9. The summed E-state index contributed by atoms with van der Waals surface area (Å²) < 4.78 is 0. The van der Waals surface area contributed by atoms with Gasteiger partial charge in [0.1, 0.15) is 0 Å². The molecule has 90 valence electrons. The fraction of sp³-hybridized carbons (Fsp3) is 1.00. The highest BCUT2D eigenvalue weighted by molar-refractivity contribution is 4.81. The smallest absolute Gasteiger partial charge is 0.0170 e. The molecule has 0 aromatic rings. The number of nitrogens with zero attached hydrogens (tertiary/aromatic N) is 1. The Balaban J connectivity index is 2.36. The maximum absolute atomic E-state index is 6.17. The van der Waals surface area contributed by atoms with Crippen LogP contribution in [0.1, 0.15) is 47.0 Å². The number of rotatable bonds is 4. The topological polar surface area (TPSA) is 29.3 Å². The van der Waals surface area contributed by atoms with E-state index in [1.54, 1.807) is 0 Å². The van der Waals surface area contributed by atoms with Crippen LogP contribution in [0.2, 0.25) is 0 Å². The molecule has 1 heterocycles. The number of likely N-dealkylation sites (tertiary alicyclic amines) is 1. The van der Waals surface area contributed by atoms with Crippen molar-refractivity contribution < 1.29 is 0 Å². The van der Waals surface area contributed by atoms with Crippen LogP contribution in [0.3, 0.4) is 0 Å². The van der Waals surface area contributed by atoms with Gasteiger partial charge in [0.05, 0.1) is 0 Å². The molecule has 0 aliphatic carbocycles. The molecule has 15 heavy (non-hydrogen) atoms. The second-order valence-electron chi connectivity index (χ2n) is 5.74. The molecule has 0 aromatic heterocycles. The lowest BCUT2D eigenvalue weighted by Crippen LogP contribution is -2.48. The van der Waals surface area contributed by atoms with E-state index in [0.717, 1.165) is 30.8 Å². The first kappa shape index (κ1) is 13.0. The van der Waals surface area contributed by atoms with Gasteiger partial charge in [-0.25, -0.2) is 0 Å². The Morgan fingerprint density at radius 3 is 2.60 bits per heavy atom. The molecular weight excluding hydrogens is 184 g/mol. The minimum Gasteiger partial charge on any atom is -0.327 e. The molecule has 1 rings (SSSR count). The van der Waals surface area contributed by atoms with Crippen molar-refractivity contribution in [2.45, 2.75) is 59.0 Å². The maximum atomic E-state index is 6.17. The number of piperidine rings is 1. The monoisotopic (exact) mass is 212 g/mol. The quantitative estimate of drug-likeness (QED) is 0.776. The molecule has 3 unspecified atom stereocenters. The van der Waals surface area contributed by atoms with Crippen LogP contribution in [0.4, 0.5) is 0 Å². The van der Waals surface area contributed by atoms with Crippen LogP contribution < -0.4 is 5.73 Å². The summed E-state index contributed by atoms with van der Waals surface area (Å²) in [6.07, 6.45) is 3.88. The van der Waals surface area contributed by atoms with Crippen molar-refractivity contribution in [1.29, 1.82) is 0 Å². The fourth-order valence-electron chi connectivity index (χ4n) is 2.66. The minimum absolute atomic E-state index is 0.359. The van der Waals surface area contributed by atoms with Crippen LogP contribution in [-0.4, -0.2) is 30.1 Å². The molecule has 2 nitrogen and oxygen atoms in total.